The molecule has 8 heavy (non-hydrogen) atoms. The summed E-state index contributed by atoms with van der Waals surface area (Å²) in [6, 6.07) is 0. The molecule has 0 aromatic rings. The van der Waals surface area contributed by atoms with Crippen molar-refractivity contribution in [2.45, 2.75) is 0 Å². The molecule has 0 aliphatic rings. The van der Waals surface area contributed by atoms with Gasteiger partial charge in [-0.2, -0.15) is 5.26 Å². The molecule has 0 unspecified atom stereocenters. The van der Waals surface area contributed by atoms with E-state index in [-0.39, 0.29) is 0 Å². The summed E-state index contributed by atoms with van der Waals surface area (Å²) in [5, 5.41) is 7.40. The van der Waals surface area contributed by atoms with Crippen LogP contribution in [0.25, 0.3) is 0 Å². The van der Waals surface area contributed by atoms with E-state index in [4.69, 9.17) is 5.26 Å². The number of ether oxygens (including phenoxy) is 2. The van der Waals surface area contributed by atoms with Gasteiger partial charge in [0, 0.05) is 0 Å². The van der Waals surface area contributed by atoms with Gasteiger partial charge in [0.1, 0.15) is 6.11 Å². The van der Waals surface area contributed by atoms with Crippen LogP contribution in [0.15, 0.2) is 0 Å². The van der Waals surface area contributed by atoms with Crippen LogP contribution in [0.4, 0.5) is 0 Å². The molecule has 44 valence electrons. The van der Waals surface area contributed by atoms with E-state index in [9.17, 15) is 0 Å². The third-order valence-electron chi connectivity index (χ3n) is 0.209. The summed E-state index contributed by atoms with van der Waals surface area (Å²) in [4.78, 5) is 0. The van der Waals surface area contributed by atoms with Gasteiger partial charge >= 0.3 is 0 Å². The fraction of sp³-hybridized carbons (Fsp3) is 0.400. The second kappa shape index (κ2) is 17.4. The zero-order chi connectivity index (χ0) is 6.83. The van der Waals surface area contributed by atoms with Crippen molar-refractivity contribution in [3.05, 3.63) is 0 Å². The Morgan fingerprint density at radius 3 is 1.62 bits per heavy atom. The molecular weight excluding hydrogens is 106 g/mol. The van der Waals surface area contributed by atoms with Crippen molar-refractivity contribution in [1.82, 2.24) is 0 Å². The van der Waals surface area contributed by atoms with Gasteiger partial charge in [-0.05, 0) is 0 Å². The fourth-order valence-electron chi connectivity index (χ4n) is 0. The smallest absolute Gasteiger partial charge is 0.286 e. The van der Waals surface area contributed by atoms with Crippen LogP contribution >= 0.6 is 0 Å². The fourth-order valence-corrected chi connectivity index (χ4v) is 0. The predicted molar refractivity (Wildman–Crippen MR) is 28.5 cm³/mol. The van der Waals surface area contributed by atoms with E-state index in [1.54, 1.807) is 0 Å². The van der Waals surface area contributed by atoms with Crippen LogP contribution in [-0.4, -0.2) is 14.2 Å². The maximum Gasteiger partial charge on any atom is 0.286 e. The molecule has 0 aliphatic carbocycles. The van der Waals surface area contributed by atoms with Gasteiger partial charge in [0.25, 0.3) is 6.26 Å². The van der Waals surface area contributed by atoms with Gasteiger partial charge in [0.2, 0.25) is 0 Å². The molecule has 0 aliphatic heterocycles. The summed E-state index contributed by atoms with van der Waals surface area (Å²) in [6.07, 6.45) is 7.92. The average Bonchev–Trinajstić information content (AvgIpc) is 1.88. The number of nitriles is 1. The molecule has 3 heteroatoms. The zero-order valence-electron chi connectivity index (χ0n) is 4.84. The van der Waals surface area contributed by atoms with Gasteiger partial charge in [-0.1, -0.05) is 6.42 Å². The Bertz CT molecular complexity index is 84.0. The van der Waals surface area contributed by atoms with Gasteiger partial charge in [0.15, 0.2) is 0 Å². The Kier molecular flexibility index (Phi) is 21.3. The quantitative estimate of drug-likeness (QED) is 0.336. The van der Waals surface area contributed by atoms with Crippen LogP contribution in [0, 0.1) is 24.0 Å². The maximum absolute atomic E-state index is 7.40. The first kappa shape index (κ1) is 9.82. The Hall–Kier alpha value is -1.35. The van der Waals surface area contributed by atoms with E-state index in [1.807, 2.05) is 6.11 Å². The van der Waals surface area contributed by atoms with Crippen molar-refractivity contribution in [2.24, 2.45) is 0 Å². The number of terminal acetylenes is 1. The first-order valence-corrected chi connectivity index (χ1v) is 1.74. The van der Waals surface area contributed by atoms with Crippen molar-refractivity contribution in [2.75, 3.05) is 14.2 Å². The van der Waals surface area contributed by atoms with Crippen molar-refractivity contribution in [1.29, 1.82) is 5.26 Å². The van der Waals surface area contributed by atoms with E-state index < -0.39 is 0 Å². The number of methoxy groups -OCH3 is 2. The minimum Gasteiger partial charge on any atom is -0.450 e. The molecule has 0 aromatic carbocycles. The van der Waals surface area contributed by atoms with Gasteiger partial charge in [-0.25, -0.2) is 0 Å². The first-order chi connectivity index (χ1) is 3.83. The molecule has 0 saturated carbocycles. The highest BCUT2D eigenvalue weighted by atomic mass is 16.5. The van der Waals surface area contributed by atoms with E-state index in [0.717, 1.165) is 0 Å². The molecular formula is C5H7NO2. The minimum atomic E-state index is 1.32. The third kappa shape index (κ3) is 147. The molecule has 0 aromatic heterocycles. The molecule has 0 heterocycles. The molecule has 0 bridgehead atoms. The van der Waals surface area contributed by atoms with Crippen LogP contribution in [-0.2, 0) is 9.47 Å². The summed E-state index contributed by atoms with van der Waals surface area (Å²) in [6.45, 7) is 0. The highest BCUT2D eigenvalue weighted by Crippen LogP contribution is 1.41. The topological polar surface area (TPSA) is 42.2 Å². The highest BCUT2D eigenvalue weighted by molar-refractivity contribution is 4.65. The number of hydrogen-bond donors (Lipinski definition) is 0. The zero-order valence-corrected chi connectivity index (χ0v) is 4.84. The summed E-state index contributed by atoms with van der Waals surface area (Å²) in [7, 11) is 2.76. The molecule has 0 amide bonds. The minimum absolute atomic E-state index is 1.32. The first-order valence-electron chi connectivity index (χ1n) is 1.74. The average molecular weight is 113 g/mol. The van der Waals surface area contributed by atoms with Crippen LogP contribution in [0.2, 0.25) is 0 Å². The van der Waals surface area contributed by atoms with Crippen molar-refractivity contribution < 1.29 is 9.47 Å². The summed E-state index contributed by atoms with van der Waals surface area (Å²) in [5.74, 6) is 0. The Morgan fingerprint density at radius 2 is 1.62 bits per heavy atom. The molecule has 0 radical (unpaired) electrons. The van der Waals surface area contributed by atoms with Gasteiger partial charge in [-0.3, -0.25) is 0 Å². The SMILES string of the molecule is C#COC.COC#N. The lowest BCUT2D eigenvalue weighted by molar-refractivity contribution is 0.362. The molecule has 0 rings (SSSR count). The number of nitrogens with zero attached hydrogens (tertiary/aromatic N) is 1. The van der Waals surface area contributed by atoms with Crippen LogP contribution in [0.3, 0.4) is 0 Å². The van der Waals surface area contributed by atoms with Crippen molar-refractivity contribution in [3.63, 3.8) is 0 Å². The van der Waals surface area contributed by atoms with E-state index >= 15 is 0 Å². The second-order valence-electron chi connectivity index (χ2n) is 0.617. The monoisotopic (exact) mass is 113 g/mol. The van der Waals surface area contributed by atoms with Gasteiger partial charge in [-0.15, -0.1) is 0 Å². The van der Waals surface area contributed by atoms with Gasteiger partial charge in [0.05, 0.1) is 14.2 Å². The molecule has 0 spiro atoms. The molecule has 0 N–H and O–H groups in total. The lowest BCUT2D eigenvalue weighted by Gasteiger charge is -1.66. The van der Waals surface area contributed by atoms with Crippen LogP contribution in [0.1, 0.15) is 0 Å². The van der Waals surface area contributed by atoms with Gasteiger partial charge < -0.3 is 9.47 Å². The normalized spacial score (nSPS) is 4.00. The van der Waals surface area contributed by atoms with Crippen molar-refractivity contribution in [3.8, 4) is 18.8 Å². The molecule has 0 saturated heterocycles. The van der Waals surface area contributed by atoms with E-state index in [1.165, 1.54) is 20.5 Å². The number of rotatable bonds is 0. The standard InChI is InChI=1S/C3H4O.C2H3NO/c1-3-4-2;1-4-2-3/h1H,2H3;1H3. The van der Waals surface area contributed by atoms with Crippen LogP contribution in [0.5, 0.6) is 0 Å². The Morgan fingerprint density at radius 1 is 1.38 bits per heavy atom. The number of hydrogen-bond acceptors (Lipinski definition) is 3. The lowest BCUT2D eigenvalue weighted by Crippen LogP contribution is -1.55. The second-order valence-corrected chi connectivity index (χ2v) is 0.617. The Balaban J connectivity index is 0. The van der Waals surface area contributed by atoms with E-state index in [2.05, 4.69) is 15.9 Å². The van der Waals surface area contributed by atoms with Crippen LogP contribution < -0.4 is 0 Å². The molecule has 3 nitrogen and oxygen atoms in total. The maximum atomic E-state index is 7.40. The highest BCUT2D eigenvalue weighted by Gasteiger charge is 1.42. The lowest BCUT2D eigenvalue weighted by atomic mass is 11.3. The summed E-state index contributed by atoms with van der Waals surface area (Å²) < 4.78 is 7.92. The molecule has 0 atom stereocenters. The van der Waals surface area contributed by atoms with Crippen molar-refractivity contribution >= 4 is 0 Å². The Labute approximate surface area is 48.8 Å². The summed E-state index contributed by atoms with van der Waals surface area (Å²) >= 11 is 0. The largest absolute Gasteiger partial charge is 0.450 e. The third-order valence-corrected chi connectivity index (χ3v) is 0.209. The summed E-state index contributed by atoms with van der Waals surface area (Å²) in [5.41, 5.74) is 0. The predicted octanol–water partition coefficient (Wildman–Crippen LogP) is 0.337. The van der Waals surface area contributed by atoms with E-state index in [0.29, 0.717) is 0 Å². The molecule has 0 fully saturated rings.